The van der Waals surface area contributed by atoms with Gasteiger partial charge in [0.25, 0.3) is 0 Å². The van der Waals surface area contributed by atoms with Gasteiger partial charge in [0.15, 0.2) is 0 Å². The Bertz CT molecular complexity index is 894. The predicted molar refractivity (Wildman–Crippen MR) is 109 cm³/mol. The molecule has 2 heterocycles. The lowest BCUT2D eigenvalue weighted by atomic mass is 10.0. The van der Waals surface area contributed by atoms with Crippen LogP contribution in [0.3, 0.4) is 0 Å². The molecule has 29 heavy (non-hydrogen) atoms. The fourth-order valence-corrected chi connectivity index (χ4v) is 4.43. The van der Waals surface area contributed by atoms with Crippen molar-refractivity contribution in [2.45, 2.75) is 18.9 Å². The Balaban J connectivity index is 1.37. The number of urea groups is 1. The van der Waals surface area contributed by atoms with Gasteiger partial charge < -0.3 is 20.3 Å². The largest absolute Gasteiger partial charge is 0.457 e. The summed E-state index contributed by atoms with van der Waals surface area (Å²) in [5.74, 6) is 1.96. The number of fused-ring (bicyclic) bond motifs is 1. The van der Waals surface area contributed by atoms with Gasteiger partial charge >= 0.3 is 6.03 Å². The Hall–Kier alpha value is -2.87. The van der Waals surface area contributed by atoms with Crippen LogP contribution in [0, 0.1) is 17.7 Å². The second kappa shape index (κ2) is 7.87. The molecule has 4 rings (SSSR count). The smallest absolute Gasteiger partial charge is 0.323 e. The molecule has 2 aliphatic rings. The number of ether oxygens (including phenoxy) is 1. The van der Waals surface area contributed by atoms with E-state index in [1.165, 1.54) is 18.3 Å². The maximum absolute atomic E-state index is 13.6. The number of carbonyl (C=O) groups excluding carboxylic acids is 1. The fraction of sp³-hybridized carbons (Fsp3) is 0.429. The van der Waals surface area contributed by atoms with Gasteiger partial charge in [-0.15, -0.1) is 0 Å². The highest BCUT2D eigenvalue weighted by Gasteiger charge is 2.41. The van der Waals surface area contributed by atoms with E-state index < -0.39 is 5.82 Å². The first-order valence-corrected chi connectivity index (χ1v) is 9.80. The maximum atomic E-state index is 13.6. The third-order valence-electron chi connectivity index (χ3n) is 5.95. The van der Waals surface area contributed by atoms with E-state index in [1.54, 1.807) is 23.1 Å². The first-order valence-electron chi connectivity index (χ1n) is 9.80. The highest BCUT2D eigenvalue weighted by molar-refractivity contribution is 5.88. The number of pyridine rings is 1. The van der Waals surface area contributed by atoms with Gasteiger partial charge in [0, 0.05) is 44.5 Å². The Labute approximate surface area is 169 Å². The minimum atomic E-state index is -0.542. The van der Waals surface area contributed by atoms with Crippen LogP contribution in [-0.4, -0.2) is 54.0 Å². The summed E-state index contributed by atoms with van der Waals surface area (Å²) in [7, 11) is 3.99. The number of hydrogen-bond donors (Lipinski definition) is 2. The van der Waals surface area contributed by atoms with Crippen LogP contribution in [0.15, 0.2) is 36.5 Å². The van der Waals surface area contributed by atoms with Crippen LogP contribution in [0.4, 0.5) is 20.7 Å². The second-order valence-corrected chi connectivity index (χ2v) is 8.07. The first-order chi connectivity index (χ1) is 13.9. The summed E-state index contributed by atoms with van der Waals surface area (Å²) in [4.78, 5) is 21.0. The molecule has 2 aromatic rings. The molecule has 3 atom stereocenters. The number of halogens is 1. The molecule has 1 aliphatic carbocycles. The van der Waals surface area contributed by atoms with Crippen molar-refractivity contribution in [3.63, 3.8) is 0 Å². The van der Waals surface area contributed by atoms with Crippen LogP contribution in [0.25, 0.3) is 0 Å². The van der Waals surface area contributed by atoms with Crippen molar-refractivity contribution in [2.24, 2.45) is 11.8 Å². The van der Waals surface area contributed by atoms with E-state index in [1.807, 2.05) is 7.05 Å². The molecule has 7 nitrogen and oxygen atoms in total. The van der Waals surface area contributed by atoms with Crippen molar-refractivity contribution in [1.29, 1.82) is 0 Å². The van der Waals surface area contributed by atoms with E-state index >= 15 is 0 Å². The number of nitrogens with two attached hydrogens (primary N) is 1. The number of anilines is 2. The van der Waals surface area contributed by atoms with E-state index in [4.69, 9.17) is 10.5 Å². The number of hydrogen-bond acceptors (Lipinski definition) is 5. The summed E-state index contributed by atoms with van der Waals surface area (Å²) in [5, 5.41) is 2.83. The summed E-state index contributed by atoms with van der Waals surface area (Å²) >= 11 is 0. The number of amides is 2. The van der Waals surface area contributed by atoms with Crippen LogP contribution < -0.4 is 15.8 Å². The van der Waals surface area contributed by atoms with Gasteiger partial charge in [-0.05, 0) is 49.9 Å². The van der Waals surface area contributed by atoms with Gasteiger partial charge in [0.1, 0.15) is 23.1 Å². The molecule has 1 aromatic carbocycles. The normalized spacial score (nSPS) is 23.6. The standard InChI is InChI=1S/C21H26FN5O2/c1-26-11-13-7-15(8-14(13)12-26)27(2)21(28)25-20-10-17(5-6-24-20)29-16-3-4-19(23)18(22)9-16/h3-6,9-10,13-15H,7-8,11-12,23H2,1-2H3,(H,24,25,28)/t13-,14+,15?. The highest BCUT2D eigenvalue weighted by atomic mass is 19.1. The van der Waals surface area contributed by atoms with Crippen molar-refractivity contribution in [2.75, 3.05) is 38.2 Å². The summed E-state index contributed by atoms with van der Waals surface area (Å²) in [5.41, 5.74) is 5.54. The van der Waals surface area contributed by atoms with Gasteiger partial charge in [-0.2, -0.15) is 0 Å². The third-order valence-corrected chi connectivity index (χ3v) is 5.95. The minimum absolute atomic E-state index is 0.0609. The van der Waals surface area contributed by atoms with Gasteiger partial charge in [-0.25, -0.2) is 14.2 Å². The van der Waals surface area contributed by atoms with Crippen molar-refractivity contribution >= 4 is 17.5 Å². The summed E-state index contributed by atoms with van der Waals surface area (Å²) in [6, 6.07) is 7.55. The number of rotatable bonds is 4. The Kier molecular flexibility index (Phi) is 5.27. The monoisotopic (exact) mass is 399 g/mol. The van der Waals surface area contributed by atoms with Crippen LogP contribution in [0.1, 0.15) is 12.8 Å². The molecule has 8 heteroatoms. The second-order valence-electron chi connectivity index (χ2n) is 8.07. The number of aromatic nitrogens is 1. The molecular weight excluding hydrogens is 373 g/mol. The van der Waals surface area contributed by atoms with Crippen LogP contribution in [-0.2, 0) is 0 Å². The van der Waals surface area contributed by atoms with Gasteiger partial charge in [0.2, 0.25) is 0 Å². The Morgan fingerprint density at radius 2 is 1.93 bits per heavy atom. The fourth-order valence-electron chi connectivity index (χ4n) is 4.43. The topological polar surface area (TPSA) is 83.7 Å². The molecule has 1 unspecified atom stereocenters. The van der Waals surface area contributed by atoms with Crippen molar-refractivity contribution < 1.29 is 13.9 Å². The lowest BCUT2D eigenvalue weighted by Gasteiger charge is -2.26. The molecule has 1 saturated heterocycles. The molecule has 1 saturated carbocycles. The van der Waals surface area contributed by atoms with E-state index in [2.05, 4.69) is 22.2 Å². The maximum Gasteiger partial charge on any atom is 0.323 e. The Morgan fingerprint density at radius 3 is 2.62 bits per heavy atom. The van der Waals surface area contributed by atoms with Crippen molar-refractivity contribution in [3.8, 4) is 11.5 Å². The number of nitrogens with one attached hydrogen (secondary N) is 1. The van der Waals surface area contributed by atoms with E-state index in [9.17, 15) is 9.18 Å². The molecule has 3 N–H and O–H groups in total. The molecule has 154 valence electrons. The average Bonchev–Trinajstić information content (AvgIpc) is 3.22. The summed E-state index contributed by atoms with van der Waals surface area (Å²) < 4.78 is 19.2. The van der Waals surface area contributed by atoms with E-state index in [0.717, 1.165) is 25.9 Å². The third kappa shape index (κ3) is 4.27. The van der Waals surface area contributed by atoms with Crippen molar-refractivity contribution in [1.82, 2.24) is 14.8 Å². The number of likely N-dealkylation sites (tertiary alicyclic amines) is 1. The predicted octanol–water partition coefficient (Wildman–Crippen LogP) is 3.40. The SMILES string of the molecule is CN1C[C@H]2CC(N(C)C(=O)Nc3cc(Oc4ccc(N)c(F)c4)ccn3)C[C@H]2C1. The lowest BCUT2D eigenvalue weighted by Crippen LogP contribution is -2.39. The summed E-state index contributed by atoms with van der Waals surface area (Å²) in [6.45, 7) is 2.23. The van der Waals surface area contributed by atoms with Crippen LogP contribution >= 0.6 is 0 Å². The number of nitrogen functional groups attached to an aromatic ring is 1. The van der Waals surface area contributed by atoms with Gasteiger partial charge in [-0.1, -0.05) is 0 Å². The highest BCUT2D eigenvalue weighted by Crippen LogP contribution is 2.39. The zero-order chi connectivity index (χ0) is 20.5. The number of nitrogens with zero attached hydrogens (tertiary/aromatic N) is 3. The van der Waals surface area contributed by atoms with E-state index in [0.29, 0.717) is 29.2 Å². The molecule has 1 aromatic heterocycles. The molecule has 2 fully saturated rings. The van der Waals surface area contributed by atoms with Crippen LogP contribution in [0.5, 0.6) is 11.5 Å². The van der Waals surface area contributed by atoms with Crippen LogP contribution in [0.2, 0.25) is 0 Å². The number of benzene rings is 1. The number of carbonyl (C=O) groups is 1. The minimum Gasteiger partial charge on any atom is -0.457 e. The molecule has 1 aliphatic heterocycles. The average molecular weight is 399 g/mol. The zero-order valence-electron chi connectivity index (χ0n) is 16.6. The molecule has 0 spiro atoms. The molecule has 2 amide bonds. The summed E-state index contributed by atoms with van der Waals surface area (Å²) in [6.07, 6.45) is 3.62. The van der Waals surface area contributed by atoms with Gasteiger partial charge in [-0.3, -0.25) is 5.32 Å². The lowest BCUT2D eigenvalue weighted by molar-refractivity contribution is 0.199. The van der Waals surface area contributed by atoms with E-state index in [-0.39, 0.29) is 17.8 Å². The molecule has 0 bridgehead atoms. The Morgan fingerprint density at radius 1 is 1.24 bits per heavy atom. The first kappa shape index (κ1) is 19.4. The zero-order valence-corrected chi connectivity index (χ0v) is 16.6. The molecule has 0 radical (unpaired) electrons. The quantitative estimate of drug-likeness (QED) is 0.770. The van der Waals surface area contributed by atoms with Gasteiger partial charge in [0.05, 0.1) is 5.69 Å². The van der Waals surface area contributed by atoms with Crippen molar-refractivity contribution in [3.05, 3.63) is 42.3 Å². The molecular formula is C21H26FN5O2.